The Morgan fingerprint density at radius 2 is 2.12 bits per heavy atom. The number of nitrogens with zero attached hydrogens (tertiary/aromatic N) is 1. The number of halogens is 1. The van der Waals surface area contributed by atoms with Crippen LogP contribution in [-0.2, 0) is 10.0 Å². The number of hydrogen-bond acceptors (Lipinski definition) is 3. The zero-order valence-electron chi connectivity index (χ0n) is 9.77. The van der Waals surface area contributed by atoms with Crippen LogP contribution >= 0.6 is 11.6 Å². The van der Waals surface area contributed by atoms with E-state index in [0.29, 0.717) is 5.92 Å². The molecule has 17 heavy (non-hydrogen) atoms. The monoisotopic (exact) mass is 274 g/mol. The second kappa shape index (κ2) is 4.23. The van der Waals surface area contributed by atoms with Crippen molar-refractivity contribution in [3.63, 3.8) is 0 Å². The van der Waals surface area contributed by atoms with Crippen molar-refractivity contribution in [2.45, 2.75) is 37.1 Å². The summed E-state index contributed by atoms with van der Waals surface area (Å²) in [4.78, 5) is 3.82. The zero-order valence-corrected chi connectivity index (χ0v) is 11.3. The molecule has 1 aromatic rings. The maximum absolute atomic E-state index is 12.2. The highest BCUT2D eigenvalue weighted by molar-refractivity contribution is 7.89. The molecule has 1 saturated carbocycles. The third-order valence-corrected chi connectivity index (χ3v) is 5.13. The Kier molecular flexibility index (Phi) is 3.18. The van der Waals surface area contributed by atoms with Gasteiger partial charge in [-0.25, -0.2) is 18.1 Å². The lowest BCUT2D eigenvalue weighted by Gasteiger charge is -2.25. The predicted octanol–water partition coefficient (Wildman–Crippen LogP) is 2.20. The number of rotatable bonds is 4. The molecule has 0 saturated heterocycles. The van der Waals surface area contributed by atoms with E-state index in [1.165, 1.54) is 12.3 Å². The average Bonchev–Trinajstić information content (AvgIpc) is 2.99. The van der Waals surface area contributed by atoms with Gasteiger partial charge in [0.1, 0.15) is 10.0 Å². The molecule has 2 rings (SSSR count). The number of sulfonamides is 1. The fourth-order valence-electron chi connectivity index (χ4n) is 1.86. The number of hydrogen-bond donors (Lipinski definition) is 1. The lowest BCUT2D eigenvalue weighted by Crippen LogP contribution is -2.45. The summed E-state index contributed by atoms with van der Waals surface area (Å²) in [5.41, 5.74) is -0.433. The molecule has 6 heteroatoms. The van der Waals surface area contributed by atoms with Crippen molar-refractivity contribution in [3.05, 3.63) is 23.5 Å². The smallest absolute Gasteiger partial charge is 0.243 e. The summed E-state index contributed by atoms with van der Waals surface area (Å²) in [6.07, 6.45) is 3.60. The minimum atomic E-state index is -3.60. The molecule has 0 amide bonds. The van der Waals surface area contributed by atoms with Gasteiger partial charge in [-0.2, -0.15) is 0 Å². The molecule has 1 heterocycles. The van der Waals surface area contributed by atoms with Gasteiger partial charge in [-0.15, -0.1) is 0 Å². The quantitative estimate of drug-likeness (QED) is 0.857. The van der Waals surface area contributed by atoms with E-state index in [2.05, 4.69) is 9.71 Å². The van der Waals surface area contributed by atoms with Crippen LogP contribution in [0.2, 0.25) is 5.15 Å². The third-order valence-electron chi connectivity index (χ3n) is 3.01. The second-order valence-corrected chi connectivity index (χ2v) is 6.90. The molecule has 0 aromatic carbocycles. The van der Waals surface area contributed by atoms with E-state index in [1.54, 1.807) is 6.07 Å². The molecule has 0 unspecified atom stereocenters. The van der Waals surface area contributed by atoms with Gasteiger partial charge in [0.25, 0.3) is 0 Å². The maximum atomic E-state index is 12.2. The van der Waals surface area contributed by atoms with Crippen LogP contribution in [-0.4, -0.2) is 18.9 Å². The summed E-state index contributed by atoms with van der Waals surface area (Å²) in [7, 11) is -3.60. The molecule has 0 radical (unpaired) electrons. The fourth-order valence-corrected chi connectivity index (χ4v) is 3.79. The van der Waals surface area contributed by atoms with Crippen molar-refractivity contribution in [3.8, 4) is 0 Å². The summed E-state index contributed by atoms with van der Waals surface area (Å²) >= 11 is 5.80. The Morgan fingerprint density at radius 3 is 2.65 bits per heavy atom. The lowest BCUT2D eigenvalue weighted by molar-refractivity contribution is 0.400. The molecule has 1 aliphatic rings. The molecule has 0 aliphatic heterocycles. The van der Waals surface area contributed by atoms with Gasteiger partial charge >= 0.3 is 0 Å². The van der Waals surface area contributed by atoms with Gasteiger partial charge in [-0.3, -0.25) is 0 Å². The summed E-state index contributed by atoms with van der Waals surface area (Å²) in [6, 6.07) is 3.02. The Labute approximate surface area is 106 Å². The molecule has 1 N–H and O–H groups in total. The number of pyridine rings is 1. The number of aromatic nitrogens is 1. The molecule has 1 fully saturated rings. The minimum absolute atomic E-state index is 0.00611. The van der Waals surface area contributed by atoms with Crippen molar-refractivity contribution < 1.29 is 8.42 Å². The average molecular weight is 275 g/mol. The largest absolute Gasteiger partial charge is 0.244 e. The first kappa shape index (κ1) is 12.8. The van der Waals surface area contributed by atoms with Crippen LogP contribution in [0.25, 0.3) is 0 Å². The van der Waals surface area contributed by atoms with Crippen LogP contribution in [0.5, 0.6) is 0 Å². The predicted molar refractivity (Wildman–Crippen MR) is 66.4 cm³/mol. The SMILES string of the molecule is CC(C)(NS(=O)(=O)c1cccnc1Cl)C1CC1. The second-order valence-electron chi connectivity index (χ2n) is 4.89. The zero-order chi connectivity index (χ0) is 12.7. The van der Waals surface area contributed by atoms with Gasteiger partial charge < -0.3 is 0 Å². The van der Waals surface area contributed by atoms with Crippen molar-refractivity contribution in [2.24, 2.45) is 5.92 Å². The molecule has 4 nitrogen and oxygen atoms in total. The van der Waals surface area contributed by atoms with Crippen LogP contribution in [0.1, 0.15) is 26.7 Å². The van der Waals surface area contributed by atoms with Crippen molar-refractivity contribution in [1.29, 1.82) is 0 Å². The molecule has 0 atom stereocenters. The molecular weight excluding hydrogens is 260 g/mol. The highest BCUT2D eigenvalue weighted by Gasteiger charge is 2.41. The molecule has 0 bridgehead atoms. The van der Waals surface area contributed by atoms with E-state index in [0.717, 1.165) is 12.8 Å². The van der Waals surface area contributed by atoms with Gasteiger partial charge in [0.05, 0.1) is 0 Å². The first-order valence-corrected chi connectivity index (χ1v) is 7.33. The molecule has 94 valence electrons. The van der Waals surface area contributed by atoms with Gasteiger partial charge in [-0.1, -0.05) is 11.6 Å². The van der Waals surface area contributed by atoms with Crippen molar-refractivity contribution >= 4 is 21.6 Å². The Bertz CT molecular complexity index is 524. The Morgan fingerprint density at radius 1 is 1.47 bits per heavy atom. The Balaban J connectivity index is 2.28. The van der Waals surface area contributed by atoms with Crippen LogP contribution in [0.4, 0.5) is 0 Å². The lowest BCUT2D eigenvalue weighted by atomic mass is 10.0. The van der Waals surface area contributed by atoms with E-state index in [9.17, 15) is 8.42 Å². The van der Waals surface area contributed by atoms with Crippen LogP contribution in [0.15, 0.2) is 23.2 Å². The molecular formula is C11H15ClN2O2S. The standard InChI is InChI=1S/C11H15ClN2O2S/c1-11(2,8-5-6-8)14-17(15,16)9-4-3-7-13-10(9)12/h3-4,7-8,14H,5-6H2,1-2H3. The Hall–Kier alpha value is -0.650. The van der Waals surface area contributed by atoms with Crippen LogP contribution in [0, 0.1) is 5.92 Å². The van der Waals surface area contributed by atoms with Gasteiger partial charge in [0.15, 0.2) is 0 Å². The first-order valence-electron chi connectivity index (χ1n) is 5.47. The summed E-state index contributed by atoms with van der Waals surface area (Å²) in [6.45, 7) is 3.79. The van der Waals surface area contributed by atoms with E-state index >= 15 is 0 Å². The summed E-state index contributed by atoms with van der Waals surface area (Å²) in [5.74, 6) is 0.410. The highest BCUT2D eigenvalue weighted by Crippen LogP contribution is 2.40. The number of nitrogens with one attached hydrogen (secondary N) is 1. The third kappa shape index (κ3) is 2.78. The van der Waals surface area contributed by atoms with E-state index in [4.69, 9.17) is 11.6 Å². The molecule has 0 spiro atoms. The molecule has 1 aliphatic carbocycles. The summed E-state index contributed by atoms with van der Waals surface area (Å²) < 4.78 is 27.0. The normalized spacial score (nSPS) is 17.1. The maximum Gasteiger partial charge on any atom is 0.244 e. The van der Waals surface area contributed by atoms with Crippen molar-refractivity contribution in [2.75, 3.05) is 0 Å². The van der Waals surface area contributed by atoms with Crippen LogP contribution < -0.4 is 4.72 Å². The topological polar surface area (TPSA) is 59.1 Å². The fraction of sp³-hybridized carbons (Fsp3) is 0.545. The minimum Gasteiger partial charge on any atom is -0.243 e. The van der Waals surface area contributed by atoms with Gasteiger partial charge in [-0.05, 0) is 44.7 Å². The van der Waals surface area contributed by atoms with Gasteiger partial charge in [0, 0.05) is 11.7 Å². The van der Waals surface area contributed by atoms with E-state index in [-0.39, 0.29) is 10.0 Å². The van der Waals surface area contributed by atoms with E-state index < -0.39 is 15.6 Å². The van der Waals surface area contributed by atoms with Crippen molar-refractivity contribution in [1.82, 2.24) is 9.71 Å². The van der Waals surface area contributed by atoms with Gasteiger partial charge in [0.2, 0.25) is 10.0 Å². The highest BCUT2D eigenvalue weighted by atomic mass is 35.5. The summed E-state index contributed by atoms with van der Waals surface area (Å²) in [5, 5.41) is 0.00611. The van der Waals surface area contributed by atoms with E-state index in [1.807, 2.05) is 13.8 Å². The molecule has 1 aromatic heterocycles. The van der Waals surface area contributed by atoms with Crippen LogP contribution in [0.3, 0.4) is 0 Å². The first-order chi connectivity index (χ1) is 7.83.